The van der Waals surface area contributed by atoms with Crippen molar-refractivity contribution < 1.29 is 31.5 Å². The molecule has 0 unspecified atom stereocenters. The highest BCUT2D eigenvalue weighted by molar-refractivity contribution is 7.91. The number of alkyl halides is 2. The van der Waals surface area contributed by atoms with Gasteiger partial charge in [0.1, 0.15) is 0 Å². The number of hydrogen-bond donors (Lipinski definition) is 1. The number of hydrogen-bond acceptors (Lipinski definition) is 7. The molecule has 0 aliphatic heterocycles. The van der Waals surface area contributed by atoms with Gasteiger partial charge in [0, 0.05) is 5.69 Å². The van der Waals surface area contributed by atoms with E-state index in [-0.39, 0.29) is 11.4 Å². The number of ether oxygens (including phenoxy) is 1. The van der Waals surface area contributed by atoms with Gasteiger partial charge in [-0.3, -0.25) is 4.79 Å². The predicted octanol–water partition coefficient (Wildman–Crippen LogP) is 2.12. The summed E-state index contributed by atoms with van der Waals surface area (Å²) in [6, 6.07) is 13.5. The second-order valence-electron chi connectivity index (χ2n) is 6.24. The Morgan fingerprint density at radius 1 is 1.06 bits per heavy atom. The molecule has 1 amide bonds. The maximum atomic E-state index is 12.5. The van der Waals surface area contributed by atoms with Gasteiger partial charge in [-0.15, -0.1) is 5.10 Å². The van der Waals surface area contributed by atoms with E-state index in [1.165, 1.54) is 10.9 Å². The van der Waals surface area contributed by atoms with Gasteiger partial charge in [0.25, 0.3) is 5.91 Å². The lowest BCUT2D eigenvalue weighted by Crippen LogP contribution is -2.21. The SMILES string of the molecule is O=C(COC(=O)c1cn(Cc2ccccc2)nn1)Nc1ccc(S(=O)(=O)C(F)F)cc1. The monoisotopic (exact) mass is 450 g/mol. The number of anilines is 1. The van der Waals surface area contributed by atoms with Crippen LogP contribution in [0.15, 0.2) is 65.7 Å². The third-order valence-electron chi connectivity index (χ3n) is 3.97. The van der Waals surface area contributed by atoms with Gasteiger partial charge < -0.3 is 10.1 Å². The Morgan fingerprint density at radius 3 is 2.39 bits per heavy atom. The van der Waals surface area contributed by atoms with Crippen LogP contribution in [0.4, 0.5) is 14.5 Å². The number of nitrogens with one attached hydrogen (secondary N) is 1. The van der Waals surface area contributed by atoms with Crippen LogP contribution in [0.2, 0.25) is 0 Å². The molecule has 0 atom stereocenters. The van der Waals surface area contributed by atoms with Gasteiger partial charge in [-0.1, -0.05) is 35.5 Å². The minimum absolute atomic E-state index is 0.0784. The van der Waals surface area contributed by atoms with Crippen LogP contribution in [-0.2, 0) is 25.9 Å². The molecule has 9 nitrogen and oxygen atoms in total. The molecule has 0 aliphatic carbocycles. The van der Waals surface area contributed by atoms with E-state index in [2.05, 4.69) is 15.6 Å². The van der Waals surface area contributed by atoms with Crippen molar-refractivity contribution in [1.82, 2.24) is 15.0 Å². The van der Waals surface area contributed by atoms with E-state index in [0.29, 0.717) is 6.54 Å². The molecule has 3 aromatic rings. The zero-order valence-corrected chi connectivity index (χ0v) is 16.6. The van der Waals surface area contributed by atoms with E-state index >= 15 is 0 Å². The largest absolute Gasteiger partial charge is 0.451 e. The van der Waals surface area contributed by atoms with Crippen LogP contribution >= 0.6 is 0 Å². The molecular weight excluding hydrogens is 434 g/mol. The average Bonchev–Trinajstić information content (AvgIpc) is 3.21. The van der Waals surface area contributed by atoms with Crippen molar-refractivity contribution in [2.45, 2.75) is 17.2 Å². The van der Waals surface area contributed by atoms with Gasteiger partial charge in [-0.25, -0.2) is 17.9 Å². The molecule has 0 radical (unpaired) electrons. The number of carbonyl (C=O) groups excluding carboxylic acids is 2. The van der Waals surface area contributed by atoms with Crippen molar-refractivity contribution in [3.8, 4) is 0 Å². The lowest BCUT2D eigenvalue weighted by Gasteiger charge is -2.07. The maximum absolute atomic E-state index is 12.5. The van der Waals surface area contributed by atoms with E-state index in [1.807, 2.05) is 30.3 Å². The van der Waals surface area contributed by atoms with Crippen molar-refractivity contribution >= 4 is 27.4 Å². The second-order valence-corrected chi connectivity index (χ2v) is 8.16. The summed E-state index contributed by atoms with van der Waals surface area (Å²) in [4.78, 5) is 23.4. The number of aromatic nitrogens is 3. The molecule has 1 heterocycles. The summed E-state index contributed by atoms with van der Waals surface area (Å²) >= 11 is 0. The number of nitrogens with zero attached hydrogens (tertiary/aromatic N) is 3. The second kappa shape index (κ2) is 9.43. The number of sulfone groups is 1. The van der Waals surface area contributed by atoms with Gasteiger partial charge in [0.15, 0.2) is 12.3 Å². The Labute approximate surface area is 175 Å². The van der Waals surface area contributed by atoms with Crippen LogP contribution in [-0.4, -0.2) is 47.7 Å². The maximum Gasteiger partial charge on any atom is 0.361 e. The normalized spacial score (nSPS) is 11.3. The van der Waals surface area contributed by atoms with Crippen molar-refractivity contribution in [3.63, 3.8) is 0 Å². The topological polar surface area (TPSA) is 120 Å². The molecule has 2 aromatic carbocycles. The summed E-state index contributed by atoms with van der Waals surface area (Å²) in [6.45, 7) is -0.236. The van der Waals surface area contributed by atoms with E-state index in [4.69, 9.17) is 4.74 Å². The zero-order chi connectivity index (χ0) is 22.4. The Hall–Kier alpha value is -3.67. The molecule has 12 heteroatoms. The molecule has 0 saturated carbocycles. The van der Waals surface area contributed by atoms with E-state index in [9.17, 15) is 26.8 Å². The molecule has 0 bridgehead atoms. The molecule has 1 N–H and O–H groups in total. The highest BCUT2D eigenvalue weighted by Crippen LogP contribution is 2.20. The molecule has 0 aliphatic rings. The molecule has 1 aromatic heterocycles. The van der Waals surface area contributed by atoms with Crippen molar-refractivity contribution in [1.29, 1.82) is 0 Å². The lowest BCUT2D eigenvalue weighted by atomic mass is 10.2. The fourth-order valence-corrected chi connectivity index (χ4v) is 3.19. The van der Waals surface area contributed by atoms with E-state index in [1.54, 1.807) is 0 Å². The quantitative estimate of drug-likeness (QED) is 0.522. The Morgan fingerprint density at radius 2 is 1.74 bits per heavy atom. The van der Waals surface area contributed by atoms with Crippen LogP contribution in [0.1, 0.15) is 16.1 Å². The van der Waals surface area contributed by atoms with Gasteiger partial charge in [-0.2, -0.15) is 8.78 Å². The number of esters is 1. The molecule has 0 spiro atoms. The number of rotatable bonds is 8. The molecular formula is C19H16F2N4O5S. The highest BCUT2D eigenvalue weighted by atomic mass is 32.2. The van der Waals surface area contributed by atoms with Crippen LogP contribution in [0.3, 0.4) is 0 Å². The first-order valence-corrected chi connectivity index (χ1v) is 10.3. The number of benzene rings is 2. The van der Waals surface area contributed by atoms with Gasteiger partial charge in [0.05, 0.1) is 17.6 Å². The molecule has 31 heavy (non-hydrogen) atoms. The van der Waals surface area contributed by atoms with E-state index < -0.39 is 39.0 Å². The van der Waals surface area contributed by atoms with Crippen LogP contribution < -0.4 is 5.32 Å². The Kier molecular flexibility index (Phi) is 6.70. The van der Waals surface area contributed by atoms with E-state index in [0.717, 1.165) is 29.8 Å². The summed E-state index contributed by atoms with van der Waals surface area (Å²) < 4.78 is 54.1. The van der Waals surface area contributed by atoms with Crippen LogP contribution in [0.25, 0.3) is 0 Å². The highest BCUT2D eigenvalue weighted by Gasteiger charge is 2.26. The lowest BCUT2D eigenvalue weighted by molar-refractivity contribution is -0.119. The first-order chi connectivity index (χ1) is 14.8. The number of carbonyl (C=O) groups is 2. The summed E-state index contributed by atoms with van der Waals surface area (Å²) in [5, 5.41) is 9.90. The minimum atomic E-state index is -4.72. The van der Waals surface area contributed by atoms with Gasteiger partial charge in [-0.05, 0) is 29.8 Å². The smallest absolute Gasteiger partial charge is 0.361 e. The first-order valence-electron chi connectivity index (χ1n) is 8.79. The molecule has 0 saturated heterocycles. The standard InChI is InChI=1S/C19H16F2N4O5S/c20-19(21)31(28,29)15-8-6-14(7-9-15)22-17(26)12-30-18(27)16-11-25(24-23-16)10-13-4-2-1-3-5-13/h1-9,11,19H,10,12H2,(H,22,26). The molecule has 162 valence electrons. The number of amides is 1. The van der Waals surface area contributed by atoms with Gasteiger partial charge in [0.2, 0.25) is 9.84 Å². The van der Waals surface area contributed by atoms with Crippen LogP contribution in [0, 0.1) is 0 Å². The average molecular weight is 450 g/mol. The van der Waals surface area contributed by atoms with Crippen LogP contribution in [0.5, 0.6) is 0 Å². The molecule has 3 rings (SSSR count). The third kappa shape index (κ3) is 5.69. The summed E-state index contributed by atoms with van der Waals surface area (Å²) in [5.41, 5.74) is 1.02. The van der Waals surface area contributed by atoms with Crippen molar-refractivity contribution in [2.24, 2.45) is 0 Å². The summed E-state index contributed by atoms with van der Waals surface area (Å²) in [6.07, 6.45) is 1.38. The number of halogens is 2. The minimum Gasteiger partial charge on any atom is -0.451 e. The third-order valence-corrected chi connectivity index (χ3v) is 5.37. The summed E-state index contributed by atoms with van der Waals surface area (Å²) in [7, 11) is -4.72. The molecule has 0 fully saturated rings. The zero-order valence-electron chi connectivity index (χ0n) is 15.8. The predicted molar refractivity (Wildman–Crippen MR) is 104 cm³/mol. The van der Waals surface area contributed by atoms with Crippen molar-refractivity contribution in [3.05, 3.63) is 72.1 Å². The first kappa shape index (κ1) is 22.0. The fraction of sp³-hybridized carbons (Fsp3) is 0.158. The fourth-order valence-electron chi connectivity index (χ4n) is 2.47. The van der Waals surface area contributed by atoms with Gasteiger partial charge >= 0.3 is 11.7 Å². The summed E-state index contributed by atoms with van der Waals surface area (Å²) in [5.74, 6) is -5.11. The Bertz CT molecular complexity index is 1170. The van der Waals surface area contributed by atoms with Crippen molar-refractivity contribution in [2.75, 3.05) is 11.9 Å². The Balaban J connectivity index is 1.51.